The van der Waals surface area contributed by atoms with Crippen molar-refractivity contribution in [3.63, 3.8) is 0 Å². The summed E-state index contributed by atoms with van der Waals surface area (Å²) in [5.74, 6) is 1.10. The Morgan fingerprint density at radius 2 is 2.11 bits per heavy atom. The zero-order chi connectivity index (χ0) is 13.8. The lowest BCUT2D eigenvalue weighted by molar-refractivity contribution is 0.199. The van der Waals surface area contributed by atoms with Gasteiger partial charge in [0.2, 0.25) is 0 Å². The normalized spacial score (nSPS) is 20.8. The van der Waals surface area contributed by atoms with E-state index in [0.29, 0.717) is 12.6 Å². The van der Waals surface area contributed by atoms with Gasteiger partial charge in [0.05, 0.1) is 0 Å². The van der Waals surface area contributed by atoms with Gasteiger partial charge in [-0.3, -0.25) is 4.90 Å². The Balaban J connectivity index is 2.18. The minimum atomic E-state index is 0.590. The van der Waals surface area contributed by atoms with Gasteiger partial charge in [-0.15, -0.1) is 0 Å². The molecule has 1 aliphatic rings. The summed E-state index contributed by atoms with van der Waals surface area (Å²) in [7, 11) is 0. The van der Waals surface area contributed by atoms with E-state index in [9.17, 15) is 0 Å². The van der Waals surface area contributed by atoms with Crippen LogP contribution in [-0.2, 0) is 13.0 Å². The number of anilines is 1. The SMILES string of the molecule is CCc1cc(CN)cc(N2CCN(CC)C(C)C2)n1. The summed E-state index contributed by atoms with van der Waals surface area (Å²) in [4.78, 5) is 9.68. The zero-order valence-electron chi connectivity index (χ0n) is 12.4. The third-order valence-electron chi connectivity index (χ3n) is 4.02. The van der Waals surface area contributed by atoms with Gasteiger partial charge < -0.3 is 10.6 Å². The number of piperazine rings is 1. The Hall–Kier alpha value is -1.13. The van der Waals surface area contributed by atoms with Crippen molar-refractivity contribution in [2.24, 2.45) is 5.73 Å². The van der Waals surface area contributed by atoms with Gasteiger partial charge in [0.1, 0.15) is 5.82 Å². The van der Waals surface area contributed by atoms with Crippen molar-refractivity contribution in [2.75, 3.05) is 31.1 Å². The van der Waals surface area contributed by atoms with E-state index in [2.05, 4.69) is 42.7 Å². The largest absolute Gasteiger partial charge is 0.354 e. The van der Waals surface area contributed by atoms with Crippen LogP contribution in [0.5, 0.6) is 0 Å². The Labute approximate surface area is 116 Å². The lowest BCUT2D eigenvalue weighted by Crippen LogP contribution is -2.52. The zero-order valence-corrected chi connectivity index (χ0v) is 12.4. The summed E-state index contributed by atoms with van der Waals surface area (Å²) in [5, 5.41) is 0. The van der Waals surface area contributed by atoms with Crippen LogP contribution in [0.4, 0.5) is 5.82 Å². The maximum atomic E-state index is 5.79. The third kappa shape index (κ3) is 3.25. The van der Waals surface area contributed by atoms with Crippen LogP contribution in [0.15, 0.2) is 12.1 Å². The first kappa shape index (κ1) is 14.3. The van der Waals surface area contributed by atoms with E-state index in [1.165, 1.54) is 5.56 Å². The van der Waals surface area contributed by atoms with Crippen molar-refractivity contribution < 1.29 is 0 Å². The molecule has 2 rings (SSSR count). The van der Waals surface area contributed by atoms with Crippen molar-refractivity contribution in [3.8, 4) is 0 Å². The molecule has 0 saturated carbocycles. The molecule has 2 heterocycles. The molecule has 0 bridgehead atoms. The molecule has 19 heavy (non-hydrogen) atoms. The minimum absolute atomic E-state index is 0.590. The molecule has 0 aliphatic carbocycles. The predicted molar refractivity (Wildman–Crippen MR) is 80.4 cm³/mol. The Bertz CT molecular complexity index is 396. The fraction of sp³-hybridized carbons (Fsp3) is 0.667. The second-order valence-electron chi connectivity index (χ2n) is 5.31. The summed E-state index contributed by atoms with van der Waals surface area (Å²) in [6.45, 7) is 11.6. The van der Waals surface area contributed by atoms with E-state index < -0.39 is 0 Å². The highest BCUT2D eigenvalue weighted by atomic mass is 15.3. The Morgan fingerprint density at radius 1 is 1.32 bits per heavy atom. The minimum Gasteiger partial charge on any atom is -0.354 e. The van der Waals surface area contributed by atoms with Crippen molar-refractivity contribution >= 4 is 5.82 Å². The summed E-state index contributed by atoms with van der Waals surface area (Å²) in [6, 6.07) is 4.86. The molecule has 106 valence electrons. The number of likely N-dealkylation sites (N-methyl/N-ethyl adjacent to an activating group) is 1. The van der Waals surface area contributed by atoms with E-state index in [0.717, 1.165) is 44.1 Å². The predicted octanol–water partition coefficient (Wildman–Crippen LogP) is 1.63. The summed E-state index contributed by atoms with van der Waals surface area (Å²) < 4.78 is 0. The number of aryl methyl sites for hydroxylation is 1. The van der Waals surface area contributed by atoms with Crippen LogP contribution in [0.1, 0.15) is 32.0 Å². The fourth-order valence-electron chi connectivity index (χ4n) is 2.77. The van der Waals surface area contributed by atoms with E-state index in [-0.39, 0.29) is 0 Å². The second-order valence-corrected chi connectivity index (χ2v) is 5.31. The summed E-state index contributed by atoms with van der Waals surface area (Å²) in [5.41, 5.74) is 8.12. The first-order chi connectivity index (χ1) is 9.17. The van der Waals surface area contributed by atoms with Crippen LogP contribution in [-0.4, -0.2) is 42.1 Å². The average molecular weight is 262 g/mol. The number of nitrogens with zero attached hydrogens (tertiary/aromatic N) is 3. The number of rotatable bonds is 4. The van der Waals surface area contributed by atoms with Gasteiger partial charge in [0, 0.05) is 37.9 Å². The Morgan fingerprint density at radius 3 is 2.68 bits per heavy atom. The fourth-order valence-corrected chi connectivity index (χ4v) is 2.77. The van der Waals surface area contributed by atoms with Crippen molar-refractivity contribution in [1.82, 2.24) is 9.88 Å². The standard InChI is InChI=1S/C15H26N4/c1-4-14-8-13(10-16)9-15(17-14)19-7-6-18(5-2)12(3)11-19/h8-9,12H,4-7,10-11,16H2,1-3H3. The quantitative estimate of drug-likeness (QED) is 0.896. The molecule has 1 aromatic rings. The molecular weight excluding hydrogens is 236 g/mol. The van der Waals surface area contributed by atoms with E-state index in [4.69, 9.17) is 10.7 Å². The molecule has 0 amide bonds. The first-order valence-corrected chi connectivity index (χ1v) is 7.36. The number of hydrogen-bond donors (Lipinski definition) is 1. The van der Waals surface area contributed by atoms with Crippen molar-refractivity contribution in [1.29, 1.82) is 0 Å². The molecule has 1 saturated heterocycles. The number of hydrogen-bond acceptors (Lipinski definition) is 4. The van der Waals surface area contributed by atoms with Gasteiger partial charge in [-0.25, -0.2) is 4.98 Å². The molecule has 2 N–H and O–H groups in total. The van der Waals surface area contributed by atoms with Gasteiger partial charge >= 0.3 is 0 Å². The highest BCUT2D eigenvalue weighted by Gasteiger charge is 2.23. The summed E-state index contributed by atoms with van der Waals surface area (Å²) in [6.07, 6.45) is 0.964. The molecule has 4 nitrogen and oxygen atoms in total. The van der Waals surface area contributed by atoms with Gasteiger partial charge in [0.15, 0.2) is 0 Å². The van der Waals surface area contributed by atoms with E-state index in [1.54, 1.807) is 0 Å². The Kier molecular flexibility index (Phi) is 4.77. The molecule has 0 radical (unpaired) electrons. The monoisotopic (exact) mass is 262 g/mol. The van der Waals surface area contributed by atoms with Crippen LogP contribution in [0.3, 0.4) is 0 Å². The lowest BCUT2D eigenvalue weighted by Gasteiger charge is -2.40. The van der Waals surface area contributed by atoms with Gasteiger partial charge in [-0.2, -0.15) is 0 Å². The second kappa shape index (κ2) is 6.35. The smallest absolute Gasteiger partial charge is 0.129 e. The maximum Gasteiger partial charge on any atom is 0.129 e. The van der Waals surface area contributed by atoms with Crippen molar-refractivity contribution in [3.05, 3.63) is 23.4 Å². The van der Waals surface area contributed by atoms with E-state index >= 15 is 0 Å². The van der Waals surface area contributed by atoms with Gasteiger partial charge in [-0.1, -0.05) is 13.8 Å². The van der Waals surface area contributed by atoms with Gasteiger partial charge in [0.25, 0.3) is 0 Å². The van der Waals surface area contributed by atoms with Crippen LogP contribution in [0, 0.1) is 0 Å². The first-order valence-electron chi connectivity index (χ1n) is 7.36. The third-order valence-corrected chi connectivity index (χ3v) is 4.02. The molecule has 1 unspecified atom stereocenters. The summed E-state index contributed by atoms with van der Waals surface area (Å²) >= 11 is 0. The highest BCUT2D eigenvalue weighted by molar-refractivity contribution is 5.43. The molecule has 0 spiro atoms. The van der Waals surface area contributed by atoms with Crippen molar-refractivity contribution in [2.45, 2.75) is 39.8 Å². The molecule has 4 heteroatoms. The molecule has 1 aliphatic heterocycles. The van der Waals surface area contributed by atoms with Crippen LogP contribution < -0.4 is 10.6 Å². The molecular formula is C15H26N4. The number of aromatic nitrogens is 1. The molecule has 1 atom stereocenters. The number of nitrogens with two attached hydrogens (primary N) is 1. The topological polar surface area (TPSA) is 45.4 Å². The lowest BCUT2D eigenvalue weighted by atomic mass is 10.1. The molecule has 0 aromatic carbocycles. The highest BCUT2D eigenvalue weighted by Crippen LogP contribution is 2.19. The van der Waals surface area contributed by atoms with Crippen LogP contribution >= 0.6 is 0 Å². The average Bonchev–Trinajstić information content (AvgIpc) is 2.46. The van der Waals surface area contributed by atoms with Crippen LogP contribution in [0.25, 0.3) is 0 Å². The molecule has 1 aromatic heterocycles. The maximum absolute atomic E-state index is 5.79. The number of pyridine rings is 1. The van der Waals surface area contributed by atoms with Gasteiger partial charge in [-0.05, 0) is 37.6 Å². The molecule has 1 fully saturated rings. The van der Waals surface area contributed by atoms with Crippen LogP contribution in [0.2, 0.25) is 0 Å². The van der Waals surface area contributed by atoms with E-state index in [1.807, 2.05) is 0 Å².